The van der Waals surface area contributed by atoms with E-state index in [2.05, 4.69) is 14.9 Å². The van der Waals surface area contributed by atoms with Crippen molar-refractivity contribution in [2.45, 2.75) is 13.1 Å². The number of carbonyl (C=O) groups excluding carboxylic acids is 1. The van der Waals surface area contributed by atoms with Gasteiger partial charge in [0.2, 0.25) is 5.95 Å². The summed E-state index contributed by atoms with van der Waals surface area (Å²) in [5.74, 6) is 0.716. The minimum absolute atomic E-state index is 0.00665. The molecule has 0 atom stereocenters. The summed E-state index contributed by atoms with van der Waals surface area (Å²) >= 11 is 7.22. The molecule has 6 nitrogen and oxygen atoms in total. The molecular formula is C15H15ClN4O2S. The molecule has 1 amide bonds. The van der Waals surface area contributed by atoms with Crippen LogP contribution in [-0.2, 0) is 17.8 Å². The third-order valence-corrected chi connectivity index (χ3v) is 5.23. The van der Waals surface area contributed by atoms with Gasteiger partial charge in [0, 0.05) is 31.4 Å². The summed E-state index contributed by atoms with van der Waals surface area (Å²) in [5.41, 5.74) is 1.94. The van der Waals surface area contributed by atoms with Crippen LogP contribution in [0.3, 0.4) is 0 Å². The van der Waals surface area contributed by atoms with Crippen LogP contribution in [-0.4, -0.2) is 47.1 Å². The van der Waals surface area contributed by atoms with Gasteiger partial charge in [-0.1, -0.05) is 11.6 Å². The molecule has 4 heterocycles. The number of fused-ring (bicyclic) bond motifs is 1. The number of hydrogen-bond acceptors (Lipinski definition) is 6. The summed E-state index contributed by atoms with van der Waals surface area (Å²) in [6.07, 6.45) is 1.84. The van der Waals surface area contributed by atoms with E-state index in [1.807, 2.05) is 6.20 Å². The second-order valence-corrected chi connectivity index (χ2v) is 7.22. The van der Waals surface area contributed by atoms with Crippen molar-refractivity contribution in [3.8, 4) is 0 Å². The predicted molar refractivity (Wildman–Crippen MR) is 88.0 cm³/mol. The quantitative estimate of drug-likeness (QED) is 0.831. The summed E-state index contributed by atoms with van der Waals surface area (Å²) < 4.78 is 5.98. The van der Waals surface area contributed by atoms with E-state index in [-0.39, 0.29) is 5.91 Å². The third kappa shape index (κ3) is 2.91. The van der Waals surface area contributed by atoms with Gasteiger partial charge in [-0.3, -0.25) is 4.79 Å². The van der Waals surface area contributed by atoms with Crippen LogP contribution in [0.4, 0.5) is 5.95 Å². The lowest BCUT2D eigenvalue weighted by Crippen LogP contribution is -2.37. The Hall–Kier alpha value is -1.70. The number of aromatic nitrogens is 2. The zero-order valence-electron chi connectivity index (χ0n) is 12.4. The molecule has 0 saturated carbocycles. The Morgan fingerprint density at radius 3 is 2.83 bits per heavy atom. The number of hydrogen-bond donors (Lipinski definition) is 0. The number of halogens is 1. The van der Waals surface area contributed by atoms with Gasteiger partial charge in [0.1, 0.15) is 0 Å². The van der Waals surface area contributed by atoms with Gasteiger partial charge < -0.3 is 14.5 Å². The number of anilines is 1. The van der Waals surface area contributed by atoms with E-state index in [9.17, 15) is 4.79 Å². The normalized spacial score (nSPS) is 17.4. The first-order valence-electron chi connectivity index (χ1n) is 7.43. The van der Waals surface area contributed by atoms with Crippen LogP contribution < -0.4 is 4.90 Å². The molecule has 0 radical (unpaired) electrons. The monoisotopic (exact) mass is 350 g/mol. The average Bonchev–Trinajstić information content (AvgIpc) is 3.20. The summed E-state index contributed by atoms with van der Waals surface area (Å²) in [6, 6.07) is 3.52. The first kappa shape index (κ1) is 14.9. The molecule has 1 fully saturated rings. The van der Waals surface area contributed by atoms with Crippen molar-refractivity contribution in [1.82, 2.24) is 14.9 Å². The van der Waals surface area contributed by atoms with Crippen molar-refractivity contribution in [1.29, 1.82) is 0 Å². The molecule has 0 N–H and O–H groups in total. The molecule has 0 spiro atoms. The van der Waals surface area contributed by atoms with Crippen LogP contribution in [0.1, 0.15) is 20.9 Å². The lowest BCUT2D eigenvalue weighted by atomic mass is 10.3. The fourth-order valence-electron chi connectivity index (χ4n) is 2.79. The van der Waals surface area contributed by atoms with Crippen LogP contribution in [0.15, 0.2) is 18.3 Å². The smallest absolute Gasteiger partial charge is 0.264 e. The molecule has 2 aliphatic heterocycles. The molecule has 0 unspecified atom stereocenters. The molecule has 1 saturated heterocycles. The fraction of sp³-hybridized carbons (Fsp3) is 0.400. The zero-order chi connectivity index (χ0) is 15.8. The zero-order valence-corrected chi connectivity index (χ0v) is 13.9. The van der Waals surface area contributed by atoms with Crippen molar-refractivity contribution >= 4 is 34.8 Å². The molecule has 120 valence electrons. The molecule has 2 aliphatic rings. The molecule has 2 aromatic heterocycles. The highest BCUT2D eigenvalue weighted by atomic mass is 35.5. The van der Waals surface area contributed by atoms with Gasteiger partial charge in [0.15, 0.2) is 0 Å². The van der Waals surface area contributed by atoms with E-state index in [1.54, 1.807) is 17.0 Å². The Balaban J connectivity index is 1.52. The van der Waals surface area contributed by atoms with Crippen molar-refractivity contribution in [3.63, 3.8) is 0 Å². The molecule has 4 rings (SSSR count). The standard InChI is InChI=1S/C15H15ClN4O2S/c16-13-2-1-12(23-13)14(21)20-8-10-7-17-15(18-11(10)9-20)19-3-5-22-6-4-19/h1-2,7H,3-6,8-9H2. The maximum atomic E-state index is 12.5. The molecule has 0 aromatic carbocycles. The van der Waals surface area contributed by atoms with Crippen molar-refractivity contribution in [3.05, 3.63) is 38.8 Å². The second kappa shape index (κ2) is 6.07. The maximum Gasteiger partial charge on any atom is 0.264 e. The van der Waals surface area contributed by atoms with E-state index >= 15 is 0 Å². The molecule has 8 heteroatoms. The SMILES string of the molecule is O=C(c1ccc(Cl)s1)N1Cc2cnc(N3CCOCC3)nc2C1. The van der Waals surface area contributed by atoms with E-state index in [0.29, 0.717) is 35.5 Å². The number of morpholine rings is 1. The fourth-order valence-corrected chi connectivity index (χ4v) is 3.80. The summed E-state index contributed by atoms with van der Waals surface area (Å²) in [7, 11) is 0. The van der Waals surface area contributed by atoms with Crippen molar-refractivity contribution in [2.75, 3.05) is 31.2 Å². The summed E-state index contributed by atoms with van der Waals surface area (Å²) in [6.45, 7) is 4.06. The van der Waals surface area contributed by atoms with Crippen LogP contribution in [0.2, 0.25) is 4.34 Å². The number of nitrogens with zero attached hydrogens (tertiary/aromatic N) is 4. The Bertz CT molecular complexity index is 745. The minimum Gasteiger partial charge on any atom is -0.378 e. The highest BCUT2D eigenvalue weighted by molar-refractivity contribution is 7.17. The highest BCUT2D eigenvalue weighted by Gasteiger charge is 2.27. The van der Waals surface area contributed by atoms with Crippen LogP contribution in [0, 0.1) is 0 Å². The van der Waals surface area contributed by atoms with Crippen LogP contribution in [0.5, 0.6) is 0 Å². The van der Waals surface area contributed by atoms with Gasteiger partial charge in [-0.2, -0.15) is 0 Å². The van der Waals surface area contributed by atoms with Crippen molar-refractivity contribution < 1.29 is 9.53 Å². The van der Waals surface area contributed by atoms with Gasteiger partial charge in [-0.25, -0.2) is 9.97 Å². The number of amides is 1. The second-order valence-electron chi connectivity index (χ2n) is 5.51. The number of ether oxygens (including phenoxy) is 1. The maximum absolute atomic E-state index is 12.5. The third-order valence-electron chi connectivity index (χ3n) is 4.01. The Labute approximate surface area is 142 Å². The first-order chi connectivity index (χ1) is 11.2. The van der Waals surface area contributed by atoms with Gasteiger partial charge >= 0.3 is 0 Å². The first-order valence-corrected chi connectivity index (χ1v) is 8.62. The Kier molecular flexibility index (Phi) is 3.92. The molecule has 0 aliphatic carbocycles. The predicted octanol–water partition coefficient (Wildman–Crippen LogP) is 2.18. The van der Waals surface area contributed by atoms with E-state index < -0.39 is 0 Å². The Morgan fingerprint density at radius 1 is 1.26 bits per heavy atom. The van der Waals surface area contributed by atoms with Gasteiger partial charge in [0.25, 0.3) is 5.91 Å². The number of carbonyl (C=O) groups is 1. The molecule has 0 bridgehead atoms. The topological polar surface area (TPSA) is 58.6 Å². The van der Waals surface area contributed by atoms with Gasteiger partial charge in [0.05, 0.1) is 34.7 Å². The summed E-state index contributed by atoms with van der Waals surface area (Å²) in [4.78, 5) is 26.2. The summed E-state index contributed by atoms with van der Waals surface area (Å²) in [5, 5.41) is 0. The average molecular weight is 351 g/mol. The van der Waals surface area contributed by atoms with Crippen LogP contribution in [0.25, 0.3) is 0 Å². The van der Waals surface area contributed by atoms with Crippen LogP contribution >= 0.6 is 22.9 Å². The largest absolute Gasteiger partial charge is 0.378 e. The number of thiophene rings is 1. The highest BCUT2D eigenvalue weighted by Crippen LogP contribution is 2.28. The Morgan fingerprint density at radius 2 is 2.09 bits per heavy atom. The van der Waals surface area contributed by atoms with E-state index in [0.717, 1.165) is 30.3 Å². The van der Waals surface area contributed by atoms with Gasteiger partial charge in [-0.05, 0) is 12.1 Å². The van der Waals surface area contributed by atoms with E-state index in [4.69, 9.17) is 16.3 Å². The van der Waals surface area contributed by atoms with Gasteiger partial charge in [-0.15, -0.1) is 11.3 Å². The van der Waals surface area contributed by atoms with E-state index in [1.165, 1.54) is 11.3 Å². The molecule has 23 heavy (non-hydrogen) atoms. The number of rotatable bonds is 2. The molecule has 2 aromatic rings. The lowest BCUT2D eigenvalue weighted by molar-refractivity contribution is 0.0755. The minimum atomic E-state index is -0.00665. The molecular weight excluding hydrogens is 336 g/mol. The lowest BCUT2D eigenvalue weighted by Gasteiger charge is -2.26. The van der Waals surface area contributed by atoms with Crippen molar-refractivity contribution in [2.24, 2.45) is 0 Å².